The fraction of sp³-hybridized carbons (Fsp3) is 0.462. The van der Waals surface area contributed by atoms with Gasteiger partial charge >= 0.3 is 0 Å². The lowest BCUT2D eigenvalue weighted by Crippen LogP contribution is -2.45. The van der Waals surface area contributed by atoms with Crippen LogP contribution in [0.25, 0.3) is 0 Å². The van der Waals surface area contributed by atoms with Crippen molar-refractivity contribution in [3.8, 4) is 0 Å². The van der Waals surface area contributed by atoms with Gasteiger partial charge in [-0.3, -0.25) is 4.79 Å². The molecule has 1 heterocycles. The number of amides is 1. The molecular formula is C13H15Cl2NO2. The van der Waals surface area contributed by atoms with Crippen LogP contribution in [0.3, 0.4) is 0 Å². The van der Waals surface area contributed by atoms with Gasteiger partial charge in [0.15, 0.2) is 0 Å². The van der Waals surface area contributed by atoms with Crippen LogP contribution >= 0.6 is 23.2 Å². The van der Waals surface area contributed by atoms with Gasteiger partial charge in [0.05, 0.1) is 28.3 Å². The van der Waals surface area contributed by atoms with Crippen LogP contribution in [0.4, 0.5) is 0 Å². The third kappa shape index (κ3) is 2.63. The van der Waals surface area contributed by atoms with Crippen molar-refractivity contribution in [2.45, 2.75) is 25.3 Å². The van der Waals surface area contributed by atoms with Gasteiger partial charge in [-0.15, -0.1) is 0 Å². The number of likely N-dealkylation sites (tertiary alicyclic amines) is 1. The van der Waals surface area contributed by atoms with Crippen molar-refractivity contribution in [2.24, 2.45) is 0 Å². The third-order valence-electron chi connectivity index (χ3n) is 3.28. The highest BCUT2D eigenvalue weighted by molar-refractivity contribution is 6.39. The molecule has 1 N–H and O–H groups in total. The fourth-order valence-electron chi connectivity index (χ4n) is 2.30. The average molecular weight is 288 g/mol. The number of aliphatic hydroxyl groups is 1. The second kappa shape index (κ2) is 5.91. The Balaban J connectivity index is 2.30. The predicted molar refractivity (Wildman–Crippen MR) is 72.2 cm³/mol. The molecule has 1 saturated heterocycles. The van der Waals surface area contributed by atoms with E-state index in [-0.39, 0.29) is 18.6 Å². The van der Waals surface area contributed by atoms with Gasteiger partial charge in [-0.2, -0.15) is 0 Å². The van der Waals surface area contributed by atoms with Crippen molar-refractivity contribution < 1.29 is 9.90 Å². The first kappa shape index (κ1) is 13.7. The standard InChI is InChI=1S/C13H15Cl2NO2/c14-10-5-3-6-11(15)12(10)13(18)16-7-2-1-4-9(16)8-17/h3,5-6,9,17H,1-2,4,7-8H2. The topological polar surface area (TPSA) is 40.5 Å². The summed E-state index contributed by atoms with van der Waals surface area (Å²) in [6.07, 6.45) is 2.81. The monoisotopic (exact) mass is 287 g/mol. The zero-order valence-electron chi connectivity index (χ0n) is 9.90. The summed E-state index contributed by atoms with van der Waals surface area (Å²) in [5, 5.41) is 10.0. The lowest BCUT2D eigenvalue weighted by Gasteiger charge is -2.35. The number of benzene rings is 1. The summed E-state index contributed by atoms with van der Waals surface area (Å²) in [5.74, 6) is -0.190. The van der Waals surface area contributed by atoms with E-state index in [9.17, 15) is 9.90 Å². The molecule has 0 saturated carbocycles. The van der Waals surface area contributed by atoms with Crippen LogP contribution < -0.4 is 0 Å². The Morgan fingerprint density at radius 2 is 2.00 bits per heavy atom. The average Bonchev–Trinajstić information content (AvgIpc) is 2.38. The second-order valence-electron chi connectivity index (χ2n) is 4.43. The molecule has 2 rings (SSSR count). The summed E-state index contributed by atoms with van der Waals surface area (Å²) in [7, 11) is 0. The van der Waals surface area contributed by atoms with E-state index in [4.69, 9.17) is 23.2 Å². The maximum Gasteiger partial charge on any atom is 0.257 e. The number of carbonyl (C=O) groups is 1. The number of carbonyl (C=O) groups excluding carboxylic acids is 1. The molecular weight excluding hydrogens is 273 g/mol. The van der Waals surface area contributed by atoms with Gasteiger partial charge in [-0.05, 0) is 31.4 Å². The van der Waals surface area contributed by atoms with Gasteiger partial charge in [-0.1, -0.05) is 29.3 Å². The van der Waals surface area contributed by atoms with E-state index in [0.29, 0.717) is 22.2 Å². The summed E-state index contributed by atoms with van der Waals surface area (Å²) in [5.41, 5.74) is 0.334. The Labute approximate surface area is 116 Å². The van der Waals surface area contributed by atoms with Gasteiger partial charge in [0.25, 0.3) is 5.91 Å². The van der Waals surface area contributed by atoms with E-state index in [2.05, 4.69) is 0 Å². The van der Waals surface area contributed by atoms with Crippen LogP contribution in [-0.2, 0) is 0 Å². The van der Waals surface area contributed by atoms with E-state index < -0.39 is 0 Å². The van der Waals surface area contributed by atoms with Crippen molar-refractivity contribution in [2.75, 3.05) is 13.2 Å². The normalized spacial score (nSPS) is 19.9. The Hall–Kier alpha value is -0.770. The minimum Gasteiger partial charge on any atom is -0.394 e. The van der Waals surface area contributed by atoms with Crippen molar-refractivity contribution in [3.63, 3.8) is 0 Å². The van der Waals surface area contributed by atoms with Crippen molar-refractivity contribution >= 4 is 29.1 Å². The molecule has 0 radical (unpaired) electrons. The minimum atomic E-state index is -0.190. The largest absolute Gasteiger partial charge is 0.394 e. The van der Waals surface area contributed by atoms with Crippen LogP contribution in [0, 0.1) is 0 Å². The summed E-state index contributed by atoms with van der Waals surface area (Å²) in [4.78, 5) is 14.1. The highest BCUT2D eigenvalue weighted by atomic mass is 35.5. The Bertz CT molecular complexity index is 430. The van der Waals surface area contributed by atoms with Crippen molar-refractivity contribution in [1.29, 1.82) is 0 Å². The summed E-state index contributed by atoms with van der Waals surface area (Å²) in [6.45, 7) is 0.624. The number of nitrogens with zero attached hydrogens (tertiary/aromatic N) is 1. The molecule has 0 aromatic heterocycles. The molecule has 1 aromatic carbocycles. The summed E-state index contributed by atoms with van der Waals surface area (Å²) >= 11 is 12.1. The molecule has 0 aliphatic carbocycles. The lowest BCUT2D eigenvalue weighted by atomic mass is 10.0. The van der Waals surface area contributed by atoms with Crippen molar-refractivity contribution in [1.82, 2.24) is 4.90 Å². The van der Waals surface area contributed by atoms with Gasteiger partial charge in [-0.25, -0.2) is 0 Å². The third-order valence-corrected chi connectivity index (χ3v) is 3.91. The minimum absolute atomic E-state index is 0.0200. The van der Waals surface area contributed by atoms with Crippen LogP contribution in [0.1, 0.15) is 29.6 Å². The zero-order chi connectivity index (χ0) is 13.1. The lowest BCUT2D eigenvalue weighted by molar-refractivity contribution is 0.0503. The van der Waals surface area contributed by atoms with E-state index in [1.807, 2.05) is 0 Å². The second-order valence-corrected chi connectivity index (χ2v) is 5.24. The van der Waals surface area contributed by atoms with Crippen LogP contribution in [0.5, 0.6) is 0 Å². The molecule has 3 nitrogen and oxygen atoms in total. The fourth-order valence-corrected chi connectivity index (χ4v) is 2.86. The molecule has 18 heavy (non-hydrogen) atoms. The van der Waals surface area contributed by atoms with Crippen LogP contribution in [-0.4, -0.2) is 35.1 Å². The van der Waals surface area contributed by atoms with Crippen LogP contribution in [0.2, 0.25) is 10.0 Å². The first-order chi connectivity index (χ1) is 8.65. The molecule has 1 aliphatic rings. The first-order valence-electron chi connectivity index (χ1n) is 6.01. The van der Waals surface area contributed by atoms with Gasteiger partial charge in [0.2, 0.25) is 0 Å². The number of hydrogen-bond donors (Lipinski definition) is 1. The molecule has 1 aromatic rings. The summed E-state index contributed by atoms with van der Waals surface area (Å²) in [6, 6.07) is 4.89. The number of halogens is 2. The molecule has 1 aliphatic heterocycles. The Morgan fingerprint density at radius 3 is 2.61 bits per heavy atom. The van der Waals surface area contributed by atoms with E-state index in [0.717, 1.165) is 19.3 Å². The van der Waals surface area contributed by atoms with E-state index >= 15 is 0 Å². The van der Waals surface area contributed by atoms with Gasteiger partial charge < -0.3 is 10.0 Å². The maximum absolute atomic E-state index is 12.5. The SMILES string of the molecule is O=C(c1c(Cl)cccc1Cl)N1CCCCC1CO. The number of piperidine rings is 1. The van der Waals surface area contributed by atoms with E-state index in [1.165, 1.54) is 0 Å². The quantitative estimate of drug-likeness (QED) is 0.909. The zero-order valence-corrected chi connectivity index (χ0v) is 11.4. The van der Waals surface area contributed by atoms with Crippen LogP contribution in [0.15, 0.2) is 18.2 Å². The van der Waals surface area contributed by atoms with E-state index in [1.54, 1.807) is 23.1 Å². The Morgan fingerprint density at radius 1 is 1.33 bits per heavy atom. The highest BCUT2D eigenvalue weighted by Gasteiger charge is 2.29. The highest BCUT2D eigenvalue weighted by Crippen LogP contribution is 2.28. The first-order valence-corrected chi connectivity index (χ1v) is 6.76. The smallest absolute Gasteiger partial charge is 0.257 e. The van der Waals surface area contributed by atoms with Gasteiger partial charge in [0, 0.05) is 6.54 Å². The van der Waals surface area contributed by atoms with Gasteiger partial charge in [0.1, 0.15) is 0 Å². The molecule has 1 unspecified atom stereocenters. The molecule has 5 heteroatoms. The number of aliphatic hydroxyl groups excluding tert-OH is 1. The number of hydrogen-bond acceptors (Lipinski definition) is 2. The predicted octanol–water partition coefficient (Wildman–Crippen LogP) is 2.98. The molecule has 98 valence electrons. The van der Waals surface area contributed by atoms with Crippen molar-refractivity contribution in [3.05, 3.63) is 33.8 Å². The summed E-state index contributed by atoms with van der Waals surface area (Å²) < 4.78 is 0. The maximum atomic E-state index is 12.5. The molecule has 1 fully saturated rings. The molecule has 0 spiro atoms. The molecule has 1 amide bonds. The number of rotatable bonds is 2. The molecule has 1 atom stereocenters. The Kier molecular flexibility index (Phi) is 4.49. The molecule has 0 bridgehead atoms.